The monoisotopic (exact) mass is 153 g/mol. The third kappa shape index (κ3) is 2.04. The lowest BCUT2D eigenvalue weighted by atomic mass is 10.1. The standard InChI is InChI=1S/C8H11NO2/c1-2-7(5-9)8-6-10-3-4-11-8/h2,7-8H,1,3-4,6H2. The molecule has 0 aromatic carbocycles. The van der Waals surface area contributed by atoms with Gasteiger partial charge < -0.3 is 9.47 Å². The molecule has 0 radical (unpaired) electrons. The van der Waals surface area contributed by atoms with Gasteiger partial charge in [0.2, 0.25) is 0 Å². The Labute approximate surface area is 66.2 Å². The number of nitriles is 1. The molecule has 1 saturated heterocycles. The Morgan fingerprint density at radius 2 is 2.45 bits per heavy atom. The Bertz CT molecular complexity index is 167. The maximum Gasteiger partial charge on any atom is 0.100 e. The van der Waals surface area contributed by atoms with E-state index < -0.39 is 0 Å². The molecule has 1 heterocycles. The van der Waals surface area contributed by atoms with Crippen LogP contribution in [0.15, 0.2) is 12.7 Å². The molecule has 3 heteroatoms. The Hall–Kier alpha value is -0.850. The minimum atomic E-state index is -0.240. The van der Waals surface area contributed by atoms with Crippen molar-refractivity contribution in [3.05, 3.63) is 12.7 Å². The maximum absolute atomic E-state index is 8.62. The Morgan fingerprint density at radius 1 is 1.64 bits per heavy atom. The van der Waals surface area contributed by atoms with E-state index in [-0.39, 0.29) is 12.0 Å². The molecule has 1 aliphatic rings. The van der Waals surface area contributed by atoms with Crippen LogP contribution in [0.4, 0.5) is 0 Å². The van der Waals surface area contributed by atoms with Gasteiger partial charge in [-0.2, -0.15) is 5.26 Å². The van der Waals surface area contributed by atoms with Crippen molar-refractivity contribution in [2.45, 2.75) is 6.10 Å². The number of rotatable bonds is 2. The van der Waals surface area contributed by atoms with Crippen LogP contribution in [0.25, 0.3) is 0 Å². The summed E-state index contributed by atoms with van der Waals surface area (Å²) in [6.07, 6.45) is 1.48. The summed E-state index contributed by atoms with van der Waals surface area (Å²) in [5.74, 6) is -0.240. The average Bonchev–Trinajstić information content (AvgIpc) is 2.09. The molecule has 1 fully saturated rings. The van der Waals surface area contributed by atoms with E-state index in [0.29, 0.717) is 19.8 Å². The zero-order valence-corrected chi connectivity index (χ0v) is 6.32. The predicted molar refractivity (Wildman–Crippen MR) is 39.9 cm³/mol. The van der Waals surface area contributed by atoms with Crippen LogP contribution in [-0.4, -0.2) is 25.9 Å². The van der Waals surface area contributed by atoms with Gasteiger partial charge in [-0.15, -0.1) is 6.58 Å². The number of ether oxygens (including phenoxy) is 2. The van der Waals surface area contributed by atoms with Gasteiger partial charge in [0, 0.05) is 0 Å². The zero-order valence-electron chi connectivity index (χ0n) is 6.32. The second-order valence-corrected chi connectivity index (χ2v) is 2.37. The van der Waals surface area contributed by atoms with Gasteiger partial charge in [-0.3, -0.25) is 0 Å². The van der Waals surface area contributed by atoms with Crippen molar-refractivity contribution >= 4 is 0 Å². The summed E-state index contributed by atoms with van der Waals surface area (Å²) in [4.78, 5) is 0. The molecular weight excluding hydrogens is 142 g/mol. The molecule has 1 aliphatic heterocycles. The normalized spacial score (nSPS) is 27.0. The van der Waals surface area contributed by atoms with Gasteiger partial charge in [0.1, 0.15) is 6.10 Å². The van der Waals surface area contributed by atoms with Crippen molar-refractivity contribution in [2.24, 2.45) is 5.92 Å². The number of hydrogen-bond donors (Lipinski definition) is 0. The molecule has 0 saturated carbocycles. The Kier molecular flexibility index (Phi) is 3.09. The smallest absolute Gasteiger partial charge is 0.100 e. The zero-order chi connectivity index (χ0) is 8.10. The van der Waals surface area contributed by atoms with Gasteiger partial charge in [-0.05, 0) is 0 Å². The third-order valence-electron chi connectivity index (χ3n) is 1.65. The van der Waals surface area contributed by atoms with Crippen LogP contribution >= 0.6 is 0 Å². The first kappa shape index (κ1) is 8.25. The largest absolute Gasteiger partial charge is 0.376 e. The minimum Gasteiger partial charge on any atom is -0.376 e. The van der Waals surface area contributed by atoms with Crippen LogP contribution < -0.4 is 0 Å². The van der Waals surface area contributed by atoms with Crippen molar-refractivity contribution in [3.63, 3.8) is 0 Å². The molecule has 2 atom stereocenters. The molecule has 0 N–H and O–H groups in total. The van der Waals surface area contributed by atoms with Crippen molar-refractivity contribution < 1.29 is 9.47 Å². The van der Waals surface area contributed by atoms with Crippen LogP contribution in [0.3, 0.4) is 0 Å². The molecule has 0 amide bonds. The maximum atomic E-state index is 8.62. The highest BCUT2D eigenvalue weighted by Gasteiger charge is 2.21. The third-order valence-corrected chi connectivity index (χ3v) is 1.65. The van der Waals surface area contributed by atoms with Crippen molar-refractivity contribution in [2.75, 3.05) is 19.8 Å². The van der Waals surface area contributed by atoms with E-state index in [4.69, 9.17) is 14.7 Å². The lowest BCUT2D eigenvalue weighted by molar-refractivity contribution is -0.0962. The molecular formula is C8H11NO2. The summed E-state index contributed by atoms with van der Waals surface area (Å²) in [5.41, 5.74) is 0. The fourth-order valence-electron chi connectivity index (χ4n) is 1.00. The van der Waals surface area contributed by atoms with E-state index in [1.54, 1.807) is 6.08 Å². The van der Waals surface area contributed by atoms with E-state index in [2.05, 4.69) is 12.6 Å². The highest BCUT2D eigenvalue weighted by Crippen LogP contribution is 2.11. The summed E-state index contributed by atoms with van der Waals surface area (Å²) in [6.45, 7) is 5.26. The summed E-state index contributed by atoms with van der Waals surface area (Å²) < 4.78 is 10.4. The highest BCUT2D eigenvalue weighted by molar-refractivity contribution is 5.00. The van der Waals surface area contributed by atoms with E-state index in [9.17, 15) is 0 Å². The van der Waals surface area contributed by atoms with E-state index in [1.165, 1.54) is 0 Å². The minimum absolute atomic E-state index is 0.119. The van der Waals surface area contributed by atoms with Crippen molar-refractivity contribution in [1.29, 1.82) is 5.26 Å². The first-order chi connectivity index (χ1) is 5.38. The topological polar surface area (TPSA) is 42.2 Å². The summed E-state index contributed by atoms with van der Waals surface area (Å²) >= 11 is 0. The summed E-state index contributed by atoms with van der Waals surface area (Å²) in [6, 6.07) is 2.10. The SMILES string of the molecule is C=CC(C#N)C1COCCO1. The second kappa shape index (κ2) is 4.12. The molecule has 1 rings (SSSR count). The fourth-order valence-corrected chi connectivity index (χ4v) is 1.00. The number of hydrogen-bond acceptors (Lipinski definition) is 3. The molecule has 2 unspecified atom stereocenters. The first-order valence-corrected chi connectivity index (χ1v) is 3.60. The highest BCUT2D eigenvalue weighted by atomic mass is 16.6. The van der Waals surface area contributed by atoms with Crippen molar-refractivity contribution in [1.82, 2.24) is 0 Å². The Morgan fingerprint density at radius 3 is 2.91 bits per heavy atom. The lowest BCUT2D eigenvalue weighted by Gasteiger charge is -2.24. The molecule has 0 spiro atoms. The van der Waals surface area contributed by atoms with Gasteiger partial charge in [-0.25, -0.2) is 0 Å². The Balaban J connectivity index is 2.44. The van der Waals surface area contributed by atoms with E-state index in [0.717, 1.165) is 0 Å². The van der Waals surface area contributed by atoms with Crippen LogP contribution in [0.2, 0.25) is 0 Å². The average molecular weight is 153 g/mol. The number of nitrogens with zero attached hydrogens (tertiary/aromatic N) is 1. The van der Waals surface area contributed by atoms with Crippen LogP contribution in [0.5, 0.6) is 0 Å². The van der Waals surface area contributed by atoms with E-state index >= 15 is 0 Å². The quantitative estimate of drug-likeness (QED) is 0.549. The van der Waals surface area contributed by atoms with Gasteiger partial charge in [0.05, 0.1) is 31.8 Å². The predicted octanol–water partition coefficient (Wildman–Crippen LogP) is 0.728. The first-order valence-electron chi connectivity index (χ1n) is 3.60. The van der Waals surface area contributed by atoms with E-state index in [1.807, 2.05) is 0 Å². The van der Waals surface area contributed by atoms with Gasteiger partial charge in [0.25, 0.3) is 0 Å². The summed E-state index contributed by atoms with van der Waals surface area (Å²) in [7, 11) is 0. The van der Waals surface area contributed by atoms with Gasteiger partial charge in [-0.1, -0.05) is 6.08 Å². The molecule has 3 nitrogen and oxygen atoms in total. The van der Waals surface area contributed by atoms with Crippen LogP contribution in [0.1, 0.15) is 0 Å². The molecule has 60 valence electrons. The summed E-state index contributed by atoms with van der Waals surface area (Å²) in [5, 5.41) is 8.62. The van der Waals surface area contributed by atoms with Crippen molar-refractivity contribution in [3.8, 4) is 6.07 Å². The molecule has 0 aromatic rings. The van der Waals surface area contributed by atoms with Crippen LogP contribution in [-0.2, 0) is 9.47 Å². The molecule has 11 heavy (non-hydrogen) atoms. The molecule has 0 aliphatic carbocycles. The lowest BCUT2D eigenvalue weighted by Crippen LogP contribution is -2.33. The van der Waals surface area contributed by atoms with Gasteiger partial charge >= 0.3 is 0 Å². The fraction of sp³-hybridized carbons (Fsp3) is 0.625. The molecule has 0 aromatic heterocycles. The van der Waals surface area contributed by atoms with Gasteiger partial charge in [0.15, 0.2) is 0 Å². The molecule has 0 bridgehead atoms. The van der Waals surface area contributed by atoms with Crippen LogP contribution in [0, 0.1) is 17.2 Å². The second-order valence-electron chi connectivity index (χ2n) is 2.37.